The van der Waals surface area contributed by atoms with Crippen molar-refractivity contribution in [2.75, 3.05) is 6.54 Å². The molecule has 17 heavy (non-hydrogen) atoms. The first-order valence-corrected chi connectivity index (χ1v) is 7.51. The third kappa shape index (κ3) is 2.74. The highest BCUT2D eigenvalue weighted by Crippen LogP contribution is 2.39. The Hall–Kier alpha value is -0.350. The third-order valence-corrected chi connectivity index (χ3v) is 4.27. The maximum atomic E-state index is 4.43. The largest absolute Gasteiger partial charge is 0.308 e. The van der Waals surface area contributed by atoms with E-state index < -0.39 is 0 Å². The molecule has 1 atom stereocenters. The van der Waals surface area contributed by atoms with E-state index in [9.17, 15) is 0 Å². The van der Waals surface area contributed by atoms with Gasteiger partial charge in [0.15, 0.2) is 0 Å². The summed E-state index contributed by atoms with van der Waals surface area (Å²) in [6, 6.07) is 0.473. The molecule has 1 aromatic heterocycles. The maximum Gasteiger partial charge on any atom is 0.0698 e. The van der Waals surface area contributed by atoms with E-state index in [2.05, 4.69) is 44.9 Å². The van der Waals surface area contributed by atoms with Gasteiger partial charge >= 0.3 is 0 Å². The van der Waals surface area contributed by atoms with Crippen molar-refractivity contribution in [1.29, 1.82) is 0 Å². The Balaban J connectivity index is 2.20. The molecule has 0 saturated heterocycles. The van der Waals surface area contributed by atoms with Crippen LogP contribution in [0.15, 0.2) is 10.7 Å². The minimum atomic E-state index is 0.473. The van der Waals surface area contributed by atoms with Crippen molar-refractivity contribution in [2.45, 2.75) is 52.1 Å². The maximum absolute atomic E-state index is 4.43. The lowest BCUT2D eigenvalue weighted by atomic mass is 9.78. The SMILES string of the molecule is CCCNC(c1c(Br)cnn1CC)C1CCC1. The van der Waals surface area contributed by atoms with Crippen LogP contribution in [0.3, 0.4) is 0 Å². The van der Waals surface area contributed by atoms with E-state index in [-0.39, 0.29) is 0 Å². The van der Waals surface area contributed by atoms with E-state index in [1.165, 1.54) is 31.4 Å². The second-order valence-electron chi connectivity index (χ2n) is 4.82. The number of nitrogens with zero attached hydrogens (tertiary/aromatic N) is 2. The topological polar surface area (TPSA) is 29.9 Å². The quantitative estimate of drug-likeness (QED) is 0.871. The summed E-state index contributed by atoms with van der Waals surface area (Å²) in [7, 11) is 0. The molecule has 2 rings (SSSR count). The third-order valence-electron chi connectivity index (χ3n) is 3.66. The first kappa shape index (κ1) is 13.1. The monoisotopic (exact) mass is 299 g/mol. The van der Waals surface area contributed by atoms with E-state index in [0.717, 1.165) is 23.5 Å². The van der Waals surface area contributed by atoms with Gasteiger partial charge in [-0.2, -0.15) is 5.10 Å². The molecule has 4 heteroatoms. The smallest absolute Gasteiger partial charge is 0.0698 e. The minimum Gasteiger partial charge on any atom is -0.308 e. The Labute approximate surface area is 112 Å². The van der Waals surface area contributed by atoms with Crippen LogP contribution in [0.4, 0.5) is 0 Å². The van der Waals surface area contributed by atoms with Crippen molar-refractivity contribution in [3.05, 3.63) is 16.4 Å². The predicted octanol–water partition coefficient (Wildman–Crippen LogP) is 3.51. The van der Waals surface area contributed by atoms with Gasteiger partial charge in [-0.1, -0.05) is 13.3 Å². The Morgan fingerprint density at radius 1 is 1.53 bits per heavy atom. The van der Waals surface area contributed by atoms with Gasteiger partial charge in [-0.25, -0.2) is 0 Å². The molecule has 0 bridgehead atoms. The molecule has 1 heterocycles. The zero-order valence-corrected chi connectivity index (χ0v) is 12.3. The Bertz CT molecular complexity index is 358. The summed E-state index contributed by atoms with van der Waals surface area (Å²) < 4.78 is 3.27. The van der Waals surface area contributed by atoms with Gasteiger partial charge in [0.25, 0.3) is 0 Å². The van der Waals surface area contributed by atoms with Gasteiger partial charge in [0.2, 0.25) is 0 Å². The lowest BCUT2D eigenvalue weighted by Crippen LogP contribution is -2.34. The van der Waals surface area contributed by atoms with Gasteiger partial charge in [0.05, 0.1) is 22.4 Å². The molecular weight excluding hydrogens is 278 g/mol. The van der Waals surface area contributed by atoms with Gasteiger partial charge in [-0.05, 0) is 54.6 Å². The first-order chi connectivity index (χ1) is 8.27. The van der Waals surface area contributed by atoms with Crippen LogP contribution in [0.2, 0.25) is 0 Å². The first-order valence-electron chi connectivity index (χ1n) is 6.72. The Morgan fingerprint density at radius 3 is 2.82 bits per heavy atom. The summed E-state index contributed by atoms with van der Waals surface area (Å²) in [5.74, 6) is 0.792. The summed E-state index contributed by atoms with van der Waals surface area (Å²) in [5, 5.41) is 8.13. The summed E-state index contributed by atoms with van der Waals surface area (Å²) in [6.07, 6.45) is 7.19. The molecular formula is C13H22BrN3. The molecule has 0 aromatic carbocycles. The van der Waals surface area contributed by atoms with Crippen LogP contribution < -0.4 is 5.32 Å². The van der Waals surface area contributed by atoms with Gasteiger partial charge in [0.1, 0.15) is 0 Å². The number of hydrogen-bond acceptors (Lipinski definition) is 2. The molecule has 3 nitrogen and oxygen atoms in total. The molecule has 1 N–H and O–H groups in total. The number of nitrogens with one attached hydrogen (secondary N) is 1. The minimum absolute atomic E-state index is 0.473. The van der Waals surface area contributed by atoms with Crippen LogP contribution in [0.5, 0.6) is 0 Å². The molecule has 0 aliphatic heterocycles. The highest BCUT2D eigenvalue weighted by Gasteiger charge is 2.31. The van der Waals surface area contributed by atoms with Crippen molar-refractivity contribution >= 4 is 15.9 Å². The zero-order chi connectivity index (χ0) is 12.3. The number of aromatic nitrogens is 2. The molecule has 1 aliphatic rings. The molecule has 96 valence electrons. The van der Waals surface area contributed by atoms with Gasteiger partial charge < -0.3 is 5.32 Å². The average Bonchev–Trinajstić information content (AvgIpc) is 2.63. The summed E-state index contributed by atoms with van der Waals surface area (Å²) >= 11 is 3.65. The van der Waals surface area contributed by atoms with Crippen LogP contribution in [0.25, 0.3) is 0 Å². The molecule has 1 aromatic rings. The van der Waals surface area contributed by atoms with Crippen LogP contribution in [-0.2, 0) is 6.54 Å². The van der Waals surface area contributed by atoms with Gasteiger partial charge in [-0.15, -0.1) is 0 Å². The normalized spacial score (nSPS) is 18.1. The fourth-order valence-electron chi connectivity index (χ4n) is 2.49. The van der Waals surface area contributed by atoms with Crippen LogP contribution in [0.1, 0.15) is 51.3 Å². The predicted molar refractivity (Wildman–Crippen MR) is 74.0 cm³/mol. The van der Waals surface area contributed by atoms with Crippen molar-refractivity contribution in [2.24, 2.45) is 5.92 Å². The van der Waals surface area contributed by atoms with Crippen molar-refractivity contribution < 1.29 is 0 Å². The van der Waals surface area contributed by atoms with Crippen LogP contribution in [0, 0.1) is 5.92 Å². The highest BCUT2D eigenvalue weighted by atomic mass is 79.9. The number of rotatable bonds is 6. The number of aryl methyl sites for hydroxylation is 1. The fraction of sp³-hybridized carbons (Fsp3) is 0.769. The second-order valence-corrected chi connectivity index (χ2v) is 5.67. The molecule has 1 fully saturated rings. The molecule has 0 amide bonds. The Kier molecular flexibility index (Phi) is 4.62. The summed E-state index contributed by atoms with van der Waals surface area (Å²) in [6.45, 7) is 6.40. The average molecular weight is 300 g/mol. The second kappa shape index (κ2) is 6.01. The van der Waals surface area contributed by atoms with E-state index >= 15 is 0 Å². The van der Waals surface area contributed by atoms with E-state index in [0.29, 0.717) is 6.04 Å². The van der Waals surface area contributed by atoms with Crippen molar-refractivity contribution in [3.63, 3.8) is 0 Å². The molecule has 0 spiro atoms. The molecule has 0 radical (unpaired) electrons. The zero-order valence-electron chi connectivity index (χ0n) is 10.7. The van der Waals surface area contributed by atoms with Crippen molar-refractivity contribution in [3.8, 4) is 0 Å². The van der Waals surface area contributed by atoms with Crippen molar-refractivity contribution in [1.82, 2.24) is 15.1 Å². The van der Waals surface area contributed by atoms with E-state index in [1.807, 2.05) is 6.20 Å². The lowest BCUT2D eigenvalue weighted by Gasteiger charge is -2.35. The van der Waals surface area contributed by atoms with E-state index in [4.69, 9.17) is 0 Å². The number of hydrogen-bond donors (Lipinski definition) is 1. The standard InChI is InChI=1S/C13H22BrN3/c1-3-8-15-12(10-6-5-7-10)13-11(14)9-16-17(13)4-2/h9-10,12,15H,3-8H2,1-2H3. The van der Waals surface area contributed by atoms with Gasteiger partial charge in [0, 0.05) is 6.54 Å². The van der Waals surface area contributed by atoms with Crippen LogP contribution >= 0.6 is 15.9 Å². The van der Waals surface area contributed by atoms with Gasteiger partial charge in [-0.3, -0.25) is 4.68 Å². The molecule has 1 aliphatic carbocycles. The van der Waals surface area contributed by atoms with Crippen LogP contribution in [-0.4, -0.2) is 16.3 Å². The Morgan fingerprint density at radius 2 is 2.29 bits per heavy atom. The number of halogens is 1. The van der Waals surface area contributed by atoms with E-state index in [1.54, 1.807) is 0 Å². The summed E-state index contributed by atoms with van der Waals surface area (Å²) in [5.41, 5.74) is 1.34. The summed E-state index contributed by atoms with van der Waals surface area (Å²) in [4.78, 5) is 0. The highest BCUT2D eigenvalue weighted by molar-refractivity contribution is 9.10. The molecule has 1 saturated carbocycles. The fourth-order valence-corrected chi connectivity index (χ4v) is 3.04. The molecule has 1 unspecified atom stereocenters. The lowest BCUT2D eigenvalue weighted by molar-refractivity contribution is 0.221.